The van der Waals surface area contributed by atoms with E-state index in [1.165, 1.54) is 32.1 Å². The van der Waals surface area contributed by atoms with Gasteiger partial charge in [0.2, 0.25) is 9.05 Å². The molecule has 0 radical (unpaired) electrons. The average molecular weight is 282 g/mol. The van der Waals surface area contributed by atoms with Crippen molar-refractivity contribution in [3.63, 3.8) is 0 Å². The summed E-state index contributed by atoms with van der Waals surface area (Å²) in [6.45, 7) is 5.34. The average Bonchev–Trinajstić information content (AvgIpc) is 2.43. The van der Waals surface area contributed by atoms with Crippen LogP contribution in [-0.2, 0) is 9.05 Å². The van der Waals surface area contributed by atoms with Crippen molar-refractivity contribution < 1.29 is 8.42 Å². The van der Waals surface area contributed by atoms with Crippen LogP contribution in [-0.4, -0.2) is 38.7 Å². The third kappa shape index (κ3) is 7.27. The zero-order valence-corrected chi connectivity index (χ0v) is 12.3. The van der Waals surface area contributed by atoms with E-state index in [-0.39, 0.29) is 5.75 Å². The van der Waals surface area contributed by atoms with Crippen LogP contribution in [0.1, 0.15) is 45.4 Å². The van der Waals surface area contributed by atoms with Crippen molar-refractivity contribution >= 4 is 19.7 Å². The van der Waals surface area contributed by atoms with E-state index in [9.17, 15) is 8.42 Å². The van der Waals surface area contributed by atoms with E-state index < -0.39 is 9.05 Å². The first kappa shape index (κ1) is 15.3. The standard InChI is InChI=1S/C12H24ClNO2S/c1-2-5-12-6-3-8-14(10-7-12)9-4-11-17(13,15)16/h12H,2-11H2,1H3. The Hall–Kier alpha value is 0.200. The number of likely N-dealkylation sites (tertiary alicyclic amines) is 1. The molecule has 0 aromatic heterocycles. The minimum atomic E-state index is -3.31. The quantitative estimate of drug-likeness (QED) is 0.703. The Morgan fingerprint density at radius 2 is 2.06 bits per heavy atom. The topological polar surface area (TPSA) is 37.4 Å². The van der Waals surface area contributed by atoms with Gasteiger partial charge in [-0.1, -0.05) is 19.8 Å². The summed E-state index contributed by atoms with van der Waals surface area (Å²) in [6.07, 6.45) is 7.11. The fourth-order valence-corrected chi connectivity index (χ4v) is 3.41. The summed E-state index contributed by atoms with van der Waals surface area (Å²) in [4.78, 5) is 2.39. The van der Waals surface area contributed by atoms with Crippen molar-refractivity contribution in [3.8, 4) is 0 Å². The van der Waals surface area contributed by atoms with Crippen LogP contribution in [0.5, 0.6) is 0 Å². The Labute approximate surface area is 110 Å². The van der Waals surface area contributed by atoms with E-state index in [0.717, 1.165) is 25.6 Å². The number of hydrogen-bond acceptors (Lipinski definition) is 3. The lowest BCUT2D eigenvalue weighted by Gasteiger charge is -2.19. The summed E-state index contributed by atoms with van der Waals surface area (Å²) in [5.74, 6) is 0.977. The highest BCUT2D eigenvalue weighted by atomic mass is 35.7. The van der Waals surface area contributed by atoms with E-state index in [0.29, 0.717) is 6.42 Å². The minimum Gasteiger partial charge on any atom is -0.303 e. The van der Waals surface area contributed by atoms with Gasteiger partial charge in [0.15, 0.2) is 0 Å². The molecule has 0 aromatic rings. The molecule has 1 heterocycles. The molecule has 17 heavy (non-hydrogen) atoms. The lowest BCUT2D eigenvalue weighted by atomic mass is 9.96. The molecule has 0 amide bonds. The van der Waals surface area contributed by atoms with E-state index >= 15 is 0 Å². The lowest BCUT2D eigenvalue weighted by molar-refractivity contribution is 0.280. The van der Waals surface area contributed by atoms with Gasteiger partial charge in [-0.2, -0.15) is 0 Å². The van der Waals surface area contributed by atoms with Crippen LogP contribution in [0, 0.1) is 5.92 Å². The fourth-order valence-electron chi connectivity index (χ4n) is 2.61. The Morgan fingerprint density at radius 3 is 2.71 bits per heavy atom. The van der Waals surface area contributed by atoms with Crippen molar-refractivity contribution in [2.75, 3.05) is 25.4 Å². The number of nitrogens with zero attached hydrogens (tertiary/aromatic N) is 1. The third-order valence-corrected chi connectivity index (χ3v) is 4.74. The number of rotatable bonds is 6. The van der Waals surface area contributed by atoms with Gasteiger partial charge in [0.25, 0.3) is 0 Å². The zero-order chi connectivity index (χ0) is 12.7. The molecule has 1 saturated heterocycles. The molecule has 1 fully saturated rings. The molecule has 1 unspecified atom stereocenters. The molecule has 0 saturated carbocycles. The van der Waals surface area contributed by atoms with Crippen molar-refractivity contribution in [2.45, 2.75) is 45.4 Å². The smallest absolute Gasteiger partial charge is 0.232 e. The zero-order valence-electron chi connectivity index (χ0n) is 10.7. The highest BCUT2D eigenvalue weighted by molar-refractivity contribution is 8.13. The molecule has 0 aromatic carbocycles. The van der Waals surface area contributed by atoms with Gasteiger partial charge < -0.3 is 4.90 Å². The molecule has 3 nitrogen and oxygen atoms in total. The normalized spacial score (nSPS) is 23.5. The summed E-state index contributed by atoms with van der Waals surface area (Å²) in [5, 5.41) is 0. The first-order valence-electron chi connectivity index (χ1n) is 6.66. The maximum absolute atomic E-state index is 10.8. The summed E-state index contributed by atoms with van der Waals surface area (Å²) < 4.78 is 21.6. The Morgan fingerprint density at radius 1 is 1.29 bits per heavy atom. The molecular formula is C12H24ClNO2S. The third-order valence-electron chi connectivity index (χ3n) is 3.50. The van der Waals surface area contributed by atoms with Gasteiger partial charge in [0.05, 0.1) is 5.75 Å². The van der Waals surface area contributed by atoms with Crippen LogP contribution in [0.2, 0.25) is 0 Å². The lowest BCUT2D eigenvalue weighted by Crippen LogP contribution is -2.27. The number of halogens is 1. The Bertz CT molecular complexity index is 306. The van der Waals surface area contributed by atoms with Crippen LogP contribution < -0.4 is 0 Å². The molecule has 0 aliphatic carbocycles. The second-order valence-electron chi connectivity index (χ2n) is 5.02. The Kier molecular flexibility index (Phi) is 6.82. The highest BCUT2D eigenvalue weighted by Crippen LogP contribution is 2.21. The molecule has 1 aliphatic rings. The second-order valence-corrected chi connectivity index (χ2v) is 7.92. The van der Waals surface area contributed by atoms with Crippen molar-refractivity contribution in [2.24, 2.45) is 5.92 Å². The van der Waals surface area contributed by atoms with Crippen molar-refractivity contribution in [1.29, 1.82) is 0 Å². The van der Waals surface area contributed by atoms with Crippen LogP contribution in [0.15, 0.2) is 0 Å². The molecule has 102 valence electrons. The first-order chi connectivity index (χ1) is 8.01. The van der Waals surface area contributed by atoms with Gasteiger partial charge in [-0.15, -0.1) is 0 Å². The summed E-state index contributed by atoms with van der Waals surface area (Å²) in [6, 6.07) is 0. The van der Waals surface area contributed by atoms with Gasteiger partial charge in [-0.05, 0) is 51.2 Å². The SMILES string of the molecule is CCCC1CCCN(CCCS(=O)(=O)Cl)CC1. The molecule has 5 heteroatoms. The summed E-state index contributed by atoms with van der Waals surface area (Å²) in [7, 11) is 1.89. The van der Waals surface area contributed by atoms with E-state index in [2.05, 4.69) is 11.8 Å². The van der Waals surface area contributed by atoms with Crippen LogP contribution >= 0.6 is 10.7 Å². The monoisotopic (exact) mass is 281 g/mol. The van der Waals surface area contributed by atoms with E-state index in [4.69, 9.17) is 10.7 Å². The molecular weight excluding hydrogens is 258 g/mol. The molecule has 0 spiro atoms. The van der Waals surface area contributed by atoms with Crippen LogP contribution in [0.3, 0.4) is 0 Å². The predicted molar refractivity (Wildman–Crippen MR) is 72.9 cm³/mol. The predicted octanol–water partition coefficient (Wildman–Crippen LogP) is 2.85. The Balaban J connectivity index is 2.22. The van der Waals surface area contributed by atoms with Crippen LogP contribution in [0.4, 0.5) is 0 Å². The van der Waals surface area contributed by atoms with Gasteiger partial charge in [-0.25, -0.2) is 8.42 Å². The molecule has 0 bridgehead atoms. The van der Waals surface area contributed by atoms with Crippen molar-refractivity contribution in [3.05, 3.63) is 0 Å². The second kappa shape index (κ2) is 7.59. The molecule has 0 N–H and O–H groups in total. The largest absolute Gasteiger partial charge is 0.303 e. The summed E-state index contributed by atoms with van der Waals surface area (Å²) in [5.41, 5.74) is 0. The van der Waals surface area contributed by atoms with E-state index in [1.54, 1.807) is 0 Å². The van der Waals surface area contributed by atoms with Crippen LogP contribution in [0.25, 0.3) is 0 Å². The maximum atomic E-state index is 10.8. The van der Waals surface area contributed by atoms with Gasteiger partial charge in [0, 0.05) is 10.7 Å². The van der Waals surface area contributed by atoms with Gasteiger partial charge in [-0.3, -0.25) is 0 Å². The molecule has 1 aliphatic heterocycles. The minimum absolute atomic E-state index is 0.101. The maximum Gasteiger partial charge on any atom is 0.232 e. The summed E-state index contributed by atoms with van der Waals surface area (Å²) >= 11 is 0. The van der Waals surface area contributed by atoms with E-state index in [1.807, 2.05) is 0 Å². The molecule has 1 atom stereocenters. The highest BCUT2D eigenvalue weighted by Gasteiger charge is 2.16. The molecule has 1 rings (SSSR count). The first-order valence-corrected chi connectivity index (χ1v) is 9.14. The van der Waals surface area contributed by atoms with Gasteiger partial charge >= 0.3 is 0 Å². The number of hydrogen-bond donors (Lipinski definition) is 0. The van der Waals surface area contributed by atoms with Gasteiger partial charge in [0.1, 0.15) is 0 Å². The fraction of sp³-hybridized carbons (Fsp3) is 1.00. The van der Waals surface area contributed by atoms with Crippen molar-refractivity contribution in [1.82, 2.24) is 4.90 Å².